The molecule has 0 spiro atoms. The van der Waals surface area contributed by atoms with Gasteiger partial charge in [-0.3, -0.25) is 0 Å². The second-order valence-corrected chi connectivity index (χ2v) is 30.2. The Morgan fingerprint density at radius 2 is 0.868 bits per heavy atom. The molecule has 642 valence electrons. The first kappa shape index (κ1) is 97.9. The maximum absolute atomic E-state index is 11.9. The van der Waals surface area contributed by atoms with Crippen LogP contribution in [0.2, 0.25) is 0 Å². The molecular formula is C92H98ClF6N6O14S2-. The van der Waals surface area contributed by atoms with Crippen molar-refractivity contribution in [3.8, 4) is 0 Å². The van der Waals surface area contributed by atoms with E-state index in [0.29, 0.717) is 61.7 Å². The average Bonchev–Trinajstić information content (AvgIpc) is 0.769. The number of anilines is 5. The van der Waals surface area contributed by atoms with E-state index in [9.17, 15) is 45.5 Å². The zero-order valence-corrected chi connectivity index (χ0v) is 70.8. The van der Waals surface area contributed by atoms with E-state index < -0.39 is 31.3 Å². The third kappa shape index (κ3) is 28.6. The second-order valence-electron chi connectivity index (χ2n) is 27.5. The highest BCUT2D eigenvalue weighted by Crippen LogP contribution is 2.43. The number of carbonyl (C=O) groups excluding carboxylic acids is 4. The normalized spacial score (nSPS) is 13.3. The Morgan fingerprint density at radius 3 is 1.27 bits per heavy atom. The van der Waals surface area contributed by atoms with Crippen LogP contribution in [0.25, 0.3) is 21.9 Å². The summed E-state index contributed by atoms with van der Waals surface area (Å²) in [5, 5.41) is 5.98. The third-order valence-electron chi connectivity index (χ3n) is 18.8. The number of benzene rings is 8. The minimum atomic E-state index is -6.09. The van der Waals surface area contributed by atoms with Crippen molar-refractivity contribution in [1.29, 1.82) is 0 Å². The van der Waals surface area contributed by atoms with E-state index >= 15 is 0 Å². The fraction of sp³-hybridized carbons (Fsp3) is 0.261. The number of rotatable bonds is 31. The molecule has 0 aromatic heterocycles. The molecule has 0 amide bonds. The van der Waals surface area contributed by atoms with Crippen LogP contribution in [0, 0.1) is 5.92 Å². The SMILES string of the molecule is C=C(C)C(=O)OCCN(CC)c1ccc(C(=C2C=CC(=[NH+]c3ccccc3)c3ccccc32)c2ccc(N(CC)CCOC(=O)C(=C)C)cc2)cc1.C=C(C)C(=O)OCCN(CC)c1ccc(C(c2ccc(Nc3ccccc3)c3ccccc23)C2C=CC(=[N+](CC)CCOC(=O)C(=C)C)C=C2)cc1.O=S(=O)([O-])C(F)(F)F.O=S(=O)([O-])C(F)(F)F.[Cl-]. The van der Waals surface area contributed by atoms with Gasteiger partial charge in [-0.05, 0) is 166 Å². The number of ether oxygens (including phenoxy) is 4. The number of fused-ring (bicyclic) bond motifs is 2. The Kier molecular flexibility index (Phi) is 37.2. The van der Waals surface area contributed by atoms with Crippen LogP contribution in [0.15, 0.2) is 279 Å². The number of carbonyl (C=O) groups is 4. The first-order valence-corrected chi connectivity index (χ1v) is 41.1. The van der Waals surface area contributed by atoms with Crippen molar-refractivity contribution < 1.29 is 112 Å². The van der Waals surface area contributed by atoms with Crippen molar-refractivity contribution in [1.82, 2.24) is 0 Å². The summed E-state index contributed by atoms with van der Waals surface area (Å²) in [5.74, 6) is -1.38. The van der Waals surface area contributed by atoms with Gasteiger partial charge in [-0.2, -0.15) is 26.3 Å². The number of para-hydroxylation sites is 2. The molecule has 0 aliphatic heterocycles. The monoisotopic (exact) mass is 1720 g/mol. The molecule has 0 saturated carbocycles. The Hall–Kier alpha value is -12.0. The minimum absolute atomic E-state index is 0. The van der Waals surface area contributed by atoms with Crippen molar-refractivity contribution in [2.24, 2.45) is 5.92 Å². The lowest BCUT2D eigenvalue weighted by atomic mass is 9.77. The molecule has 8 aromatic rings. The molecule has 0 fully saturated rings. The molecule has 0 saturated heterocycles. The first-order chi connectivity index (χ1) is 56.9. The molecule has 8 aromatic carbocycles. The van der Waals surface area contributed by atoms with Gasteiger partial charge in [-0.1, -0.05) is 160 Å². The number of hydrogen-bond donors (Lipinski definition) is 2. The quantitative estimate of drug-likeness (QED) is 0.00778. The minimum Gasteiger partial charge on any atom is -1.00 e. The molecule has 0 bridgehead atoms. The lowest BCUT2D eigenvalue weighted by Crippen LogP contribution is -3.00. The van der Waals surface area contributed by atoms with E-state index in [1.54, 1.807) is 27.7 Å². The standard InChI is InChI=1S/C45H50N3O4.C45H47N3O4.2CHF3O3S.ClH/c2*1-7-47(28-30-51-44(49)32(3)4)37-22-18-34(19-23-37)43(35-20-24-38(25-21-35)48(8-2)29-31-52-45(50)33(5)6)41-26-27-42(40-17-13-12-16-39(40)41)46-36-14-10-9-11-15-36;2*2-1(3,4)8(5,6)7;/h9-27,34,43,46H,3,5,7-8,28-31H2,1-2,4,6H3;9-27H,3,5,7-8,28-31H2,1-2,4,6H3;2*(H,5,6,7);1H/q+1;;;;/p-2. The van der Waals surface area contributed by atoms with Gasteiger partial charge in [0.1, 0.15) is 33.0 Å². The molecule has 1 unspecified atom stereocenters. The summed E-state index contributed by atoms with van der Waals surface area (Å²) in [6, 6.07) is 68.0. The summed E-state index contributed by atoms with van der Waals surface area (Å²) < 4.78 is 142. The summed E-state index contributed by atoms with van der Waals surface area (Å²) in [6.45, 7) is 36.3. The number of nitrogens with zero attached hydrogens (tertiary/aromatic N) is 4. The summed E-state index contributed by atoms with van der Waals surface area (Å²) in [6.07, 6.45) is 13.3. The summed E-state index contributed by atoms with van der Waals surface area (Å²) in [7, 11) is -12.2. The van der Waals surface area contributed by atoms with Crippen LogP contribution >= 0.6 is 0 Å². The van der Waals surface area contributed by atoms with Crippen LogP contribution in [0.1, 0.15) is 94.7 Å². The van der Waals surface area contributed by atoms with E-state index in [4.69, 9.17) is 44.9 Å². The van der Waals surface area contributed by atoms with Gasteiger partial charge in [-0.15, -0.1) is 0 Å². The Labute approximate surface area is 709 Å². The average molecular weight is 1730 g/mol. The predicted molar refractivity (Wildman–Crippen MR) is 458 cm³/mol. The zero-order valence-electron chi connectivity index (χ0n) is 68.4. The summed E-state index contributed by atoms with van der Waals surface area (Å²) in [4.78, 5) is 58.0. The maximum atomic E-state index is 11.9. The number of likely N-dealkylation sites (N-methyl/N-ethyl adjacent to an activating group) is 4. The van der Waals surface area contributed by atoms with Crippen molar-refractivity contribution in [2.45, 2.75) is 72.3 Å². The summed E-state index contributed by atoms with van der Waals surface area (Å²) >= 11 is 0. The van der Waals surface area contributed by atoms with Crippen LogP contribution in [0.5, 0.6) is 0 Å². The fourth-order valence-corrected chi connectivity index (χ4v) is 12.7. The Balaban J connectivity index is 0.000000314. The van der Waals surface area contributed by atoms with E-state index in [1.165, 1.54) is 16.5 Å². The van der Waals surface area contributed by atoms with Crippen LogP contribution in [-0.4, -0.2) is 156 Å². The van der Waals surface area contributed by atoms with E-state index in [-0.39, 0.29) is 61.3 Å². The molecule has 2 aliphatic carbocycles. The highest BCUT2D eigenvalue weighted by molar-refractivity contribution is 7.86. The van der Waals surface area contributed by atoms with Crippen LogP contribution < -0.4 is 37.4 Å². The van der Waals surface area contributed by atoms with Gasteiger partial charge < -0.3 is 60.5 Å². The molecule has 10 rings (SSSR count). The number of allylic oxidation sites excluding steroid dienone is 7. The van der Waals surface area contributed by atoms with E-state index in [1.807, 2.05) is 36.4 Å². The van der Waals surface area contributed by atoms with Crippen molar-refractivity contribution in [3.63, 3.8) is 0 Å². The largest absolute Gasteiger partial charge is 1.00 e. The maximum Gasteiger partial charge on any atom is 0.485 e. The predicted octanol–water partition coefficient (Wildman–Crippen LogP) is 13.4. The molecule has 20 nitrogen and oxygen atoms in total. The van der Waals surface area contributed by atoms with Gasteiger partial charge in [0, 0.05) is 118 Å². The highest BCUT2D eigenvalue weighted by Gasteiger charge is 2.38. The van der Waals surface area contributed by atoms with E-state index in [0.717, 1.165) is 111 Å². The van der Waals surface area contributed by atoms with Gasteiger partial charge in [0.15, 0.2) is 32.5 Å². The van der Waals surface area contributed by atoms with E-state index in [2.05, 4.69) is 278 Å². The number of esters is 4. The Morgan fingerprint density at radius 1 is 0.488 bits per heavy atom. The second kappa shape index (κ2) is 46.0. The molecular weight excluding hydrogens is 1630 g/mol. The van der Waals surface area contributed by atoms with Crippen LogP contribution in [-0.2, 0) is 58.4 Å². The van der Waals surface area contributed by atoms with Crippen LogP contribution in [0.4, 0.5) is 60.5 Å². The van der Waals surface area contributed by atoms with Crippen LogP contribution in [0.3, 0.4) is 0 Å². The number of hydrogen-bond acceptors (Lipinski definition) is 18. The molecule has 0 radical (unpaired) electrons. The molecule has 29 heteroatoms. The molecule has 2 aliphatic rings. The lowest BCUT2D eigenvalue weighted by Gasteiger charge is -2.28. The first-order valence-electron chi connectivity index (χ1n) is 38.3. The zero-order chi connectivity index (χ0) is 88.1. The van der Waals surface area contributed by atoms with Crippen molar-refractivity contribution in [2.75, 3.05) is 98.8 Å². The molecule has 2 N–H and O–H groups in total. The fourth-order valence-electron chi connectivity index (χ4n) is 12.7. The number of alkyl halides is 6. The van der Waals surface area contributed by atoms with Crippen molar-refractivity contribution >= 4 is 112 Å². The molecule has 0 heterocycles. The Bertz CT molecular complexity index is 5250. The lowest BCUT2D eigenvalue weighted by molar-refractivity contribution is -0.524. The number of halogens is 7. The molecule has 121 heavy (non-hydrogen) atoms. The third-order valence-corrected chi connectivity index (χ3v) is 20.0. The van der Waals surface area contributed by atoms with Gasteiger partial charge in [-0.25, -0.2) is 45.6 Å². The van der Waals surface area contributed by atoms with Gasteiger partial charge in [0.25, 0.3) is 0 Å². The van der Waals surface area contributed by atoms with Gasteiger partial charge >= 0.3 is 34.9 Å². The highest BCUT2D eigenvalue weighted by atomic mass is 35.5. The topological polar surface area (TPSA) is 258 Å². The smallest absolute Gasteiger partial charge is 0.485 e. The molecule has 1 atom stereocenters. The van der Waals surface area contributed by atoms with Gasteiger partial charge in [0.2, 0.25) is 11.4 Å². The van der Waals surface area contributed by atoms with Crippen molar-refractivity contribution in [3.05, 3.63) is 313 Å². The number of nitrogens with one attached hydrogen (secondary N) is 2. The van der Waals surface area contributed by atoms with Gasteiger partial charge in [0.05, 0.1) is 25.2 Å². The summed E-state index contributed by atoms with van der Waals surface area (Å²) in [5.41, 5.74) is 7.78.